The van der Waals surface area contributed by atoms with E-state index in [0.717, 1.165) is 64.2 Å². The third kappa shape index (κ3) is 14.0. The summed E-state index contributed by atoms with van der Waals surface area (Å²) in [6, 6.07) is 0. The van der Waals surface area contributed by atoms with Gasteiger partial charge >= 0.3 is 17.9 Å². The number of carbonyl (C=O) groups excluding carboxylic acids is 1. The maximum atomic E-state index is 12.7. The standard InChI is InChI=1S/C36H60O13/c37-27-6-5-26(32(21-27)34(39)40)23-47-49-30-10-3-25(4-11-30)14-16-45-18-20-46-19-17-44-15-13-24-1-8-29(9-2-24)48-36(43)31-12-7-28(38)22-33(31)35(41)42/h24-33,37-38H,1-23H2,(H,39,40)(H,41,42). The van der Waals surface area contributed by atoms with Gasteiger partial charge in [0, 0.05) is 13.2 Å². The molecule has 0 spiro atoms. The number of carbonyl (C=O) groups is 3. The number of rotatable bonds is 20. The molecule has 6 unspecified atom stereocenters. The van der Waals surface area contributed by atoms with Crippen molar-refractivity contribution >= 4 is 17.9 Å². The Morgan fingerprint density at radius 1 is 0.531 bits per heavy atom. The number of aliphatic carboxylic acids is 2. The molecule has 0 radical (unpaired) electrons. The number of hydrogen-bond donors (Lipinski definition) is 4. The van der Waals surface area contributed by atoms with Gasteiger partial charge in [0.05, 0.1) is 69.1 Å². The van der Waals surface area contributed by atoms with Gasteiger partial charge in [-0.1, -0.05) is 0 Å². The second kappa shape index (κ2) is 21.5. The summed E-state index contributed by atoms with van der Waals surface area (Å²) in [5.41, 5.74) is 0. The highest BCUT2D eigenvalue weighted by Crippen LogP contribution is 2.35. The van der Waals surface area contributed by atoms with Crippen LogP contribution in [0.2, 0.25) is 0 Å². The smallest absolute Gasteiger partial charge is 0.310 e. The summed E-state index contributed by atoms with van der Waals surface area (Å²) in [4.78, 5) is 46.8. The molecule has 6 atom stereocenters. The van der Waals surface area contributed by atoms with E-state index >= 15 is 0 Å². The van der Waals surface area contributed by atoms with Crippen LogP contribution < -0.4 is 0 Å². The number of esters is 1. The summed E-state index contributed by atoms with van der Waals surface area (Å²) in [7, 11) is 0. The molecule has 4 fully saturated rings. The Bertz CT molecular complexity index is 978. The van der Waals surface area contributed by atoms with Crippen LogP contribution in [-0.2, 0) is 43.1 Å². The van der Waals surface area contributed by atoms with Gasteiger partial charge in [0.15, 0.2) is 0 Å². The van der Waals surface area contributed by atoms with E-state index in [2.05, 4.69) is 0 Å². The number of carboxylic acid groups (broad SMARTS) is 2. The molecule has 49 heavy (non-hydrogen) atoms. The van der Waals surface area contributed by atoms with Crippen LogP contribution in [0.25, 0.3) is 0 Å². The van der Waals surface area contributed by atoms with E-state index in [9.17, 15) is 34.8 Å². The molecule has 4 aliphatic rings. The van der Waals surface area contributed by atoms with Crippen LogP contribution in [0, 0.1) is 35.5 Å². The predicted molar refractivity (Wildman–Crippen MR) is 175 cm³/mol. The highest BCUT2D eigenvalue weighted by molar-refractivity contribution is 5.81. The number of aliphatic hydroxyl groups excluding tert-OH is 2. The molecule has 0 aliphatic heterocycles. The van der Waals surface area contributed by atoms with Crippen LogP contribution in [0.15, 0.2) is 0 Å². The molecule has 0 amide bonds. The fourth-order valence-corrected chi connectivity index (χ4v) is 7.99. The molecule has 13 heteroatoms. The fraction of sp³-hybridized carbons (Fsp3) is 0.917. The van der Waals surface area contributed by atoms with Crippen molar-refractivity contribution in [2.24, 2.45) is 35.5 Å². The average molecular weight is 701 g/mol. The summed E-state index contributed by atoms with van der Waals surface area (Å²) < 4.78 is 22.9. The highest BCUT2D eigenvalue weighted by atomic mass is 17.2. The van der Waals surface area contributed by atoms with Gasteiger partial charge < -0.3 is 39.4 Å². The number of hydrogen-bond acceptors (Lipinski definition) is 11. The third-order valence-corrected chi connectivity index (χ3v) is 11.2. The minimum Gasteiger partial charge on any atom is -0.481 e. The van der Waals surface area contributed by atoms with Crippen molar-refractivity contribution in [3.63, 3.8) is 0 Å². The molecular weight excluding hydrogens is 640 g/mol. The largest absolute Gasteiger partial charge is 0.481 e. The summed E-state index contributed by atoms with van der Waals surface area (Å²) in [6.45, 7) is 3.75. The molecule has 0 bridgehead atoms. The molecular formula is C36H60O13. The third-order valence-electron chi connectivity index (χ3n) is 11.2. The van der Waals surface area contributed by atoms with Gasteiger partial charge in [0.2, 0.25) is 0 Å². The number of carboxylic acids is 2. The predicted octanol–water partition coefficient (Wildman–Crippen LogP) is 4.15. The Morgan fingerprint density at radius 3 is 1.57 bits per heavy atom. The lowest BCUT2D eigenvalue weighted by atomic mass is 9.78. The van der Waals surface area contributed by atoms with Crippen LogP contribution >= 0.6 is 0 Å². The normalized spacial score (nSPS) is 33.9. The van der Waals surface area contributed by atoms with Gasteiger partial charge in [0.25, 0.3) is 0 Å². The fourth-order valence-electron chi connectivity index (χ4n) is 7.99. The van der Waals surface area contributed by atoms with E-state index < -0.39 is 47.9 Å². The molecule has 0 aromatic heterocycles. The number of ether oxygens (including phenoxy) is 4. The van der Waals surface area contributed by atoms with Gasteiger partial charge in [0.1, 0.15) is 6.10 Å². The van der Waals surface area contributed by atoms with E-state index in [1.165, 1.54) is 0 Å². The topological polar surface area (TPSA) is 188 Å². The molecule has 0 heterocycles. The molecule has 4 rings (SSSR count). The van der Waals surface area contributed by atoms with Crippen molar-refractivity contribution in [3.05, 3.63) is 0 Å². The van der Waals surface area contributed by atoms with Gasteiger partial charge in [-0.25, -0.2) is 9.78 Å². The first kappa shape index (κ1) is 39.9. The van der Waals surface area contributed by atoms with Gasteiger partial charge in [-0.15, -0.1) is 0 Å². The zero-order chi connectivity index (χ0) is 35.0. The van der Waals surface area contributed by atoms with Crippen molar-refractivity contribution in [2.45, 2.75) is 127 Å². The van der Waals surface area contributed by atoms with Crippen LogP contribution in [0.4, 0.5) is 0 Å². The maximum absolute atomic E-state index is 12.7. The maximum Gasteiger partial charge on any atom is 0.310 e. The monoisotopic (exact) mass is 700 g/mol. The summed E-state index contributed by atoms with van der Waals surface area (Å²) in [5.74, 6) is -3.49. The van der Waals surface area contributed by atoms with E-state index in [0.29, 0.717) is 77.2 Å². The quantitative estimate of drug-likeness (QED) is 0.0615. The van der Waals surface area contributed by atoms with Crippen molar-refractivity contribution < 1.29 is 63.5 Å². The van der Waals surface area contributed by atoms with E-state index in [4.69, 9.17) is 28.7 Å². The lowest BCUT2D eigenvalue weighted by Crippen LogP contribution is -2.39. The Labute approximate surface area is 290 Å². The Morgan fingerprint density at radius 2 is 1.02 bits per heavy atom. The molecule has 0 aromatic carbocycles. The Hall–Kier alpha value is -1.87. The van der Waals surface area contributed by atoms with Crippen LogP contribution in [0.5, 0.6) is 0 Å². The summed E-state index contributed by atoms with van der Waals surface area (Å²) in [6.07, 6.45) is 10.4. The first-order chi connectivity index (χ1) is 23.7. The molecule has 4 saturated carbocycles. The SMILES string of the molecule is O=C(O)C1CC(O)CCC1COOC1CCC(CCOCCOCCOCCC2CCC(OC(=O)C3CCC(O)CC3C(=O)O)CC2)CC1. The zero-order valence-electron chi connectivity index (χ0n) is 29.0. The highest BCUT2D eigenvalue weighted by Gasteiger charge is 2.41. The van der Waals surface area contributed by atoms with Gasteiger partial charge in [-0.05, 0) is 120 Å². The minimum absolute atomic E-state index is 0.0391. The lowest BCUT2D eigenvalue weighted by Gasteiger charge is -2.33. The molecule has 0 saturated heterocycles. The van der Waals surface area contributed by atoms with Crippen LogP contribution in [0.1, 0.15) is 103 Å². The summed E-state index contributed by atoms with van der Waals surface area (Å²) in [5, 5.41) is 38.4. The molecule has 4 aliphatic carbocycles. The van der Waals surface area contributed by atoms with Crippen molar-refractivity contribution in [1.29, 1.82) is 0 Å². The first-order valence-corrected chi connectivity index (χ1v) is 18.7. The van der Waals surface area contributed by atoms with E-state index in [1.54, 1.807) is 0 Å². The number of aliphatic hydroxyl groups is 2. The van der Waals surface area contributed by atoms with Crippen molar-refractivity contribution in [2.75, 3.05) is 46.2 Å². The average Bonchev–Trinajstić information content (AvgIpc) is 3.09. The molecule has 13 nitrogen and oxygen atoms in total. The van der Waals surface area contributed by atoms with Crippen molar-refractivity contribution in [1.82, 2.24) is 0 Å². The second-order valence-electron chi connectivity index (χ2n) is 14.7. The van der Waals surface area contributed by atoms with E-state index in [1.807, 2.05) is 0 Å². The molecule has 282 valence electrons. The molecule has 0 aromatic rings. The first-order valence-electron chi connectivity index (χ1n) is 18.7. The lowest BCUT2D eigenvalue weighted by molar-refractivity contribution is -0.337. The van der Waals surface area contributed by atoms with Gasteiger partial charge in [-0.2, -0.15) is 0 Å². The minimum atomic E-state index is -1.04. The van der Waals surface area contributed by atoms with Gasteiger partial charge in [-0.3, -0.25) is 14.4 Å². The summed E-state index contributed by atoms with van der Waals surface area (Å²) >= 11 is 0. The molecule has 4 N–H and O–H groups in total. The Kier molecular flexibility index (Phi) is 17.5. The van der Waals surface area contributed by atoms with Crippen LogP contribution in [-0.4, -0.2) is 109 Å². The Balaban J connectivity index is 0.911. The van der Waals surface area contributed by atoms with E-state index in [-0.39, 0.29) is 37.6 Å². The zero-order valence-corrected chi connectivity index (χ0v) is 29.0. The van der Waals surface area contributed by atoms with Crippen LogP contribution in [0.3, 0.4) is 0 Å². The second-order valence-corrected chi connectivity index (χ2v) is 14.7. The van der Waals surface area contributed by atoms with Crippen molar-refractivity contribution in [3.8, 4) is 0 Å².